The van der Waals surface area contributed by atoms with Gasteiger partial charge in [-0.05, 0) is 18.9 Å². The molecule has 1 heterocycles. The van der Waals surface area contributed by atoms with E-state index in [1.807, 2.05) is 6.07 Å². The fourth-order valence-electron chi connectivity index (χ4n) is 3.07. The van der Waals surface area contributed by atoms with Gasteiger partial charge in [-0.1, -0.05) is 33.6 Å². The van der Waals surface area contributed by atoms with Crippen LogP contribution in [0, 0.1) is 5.41 Å². The molecule has 0 saturated heterocycles. The van der Waals surface area contributed by atoms with Gasteiger partial charge in [-0.15, -0.1) is 0 Å². The summed E-state index contributed by atoms with van der Waals surface area (Å²) in [5.41, 5.74) is 1.78. The van der Waals surface area contributed by atoms with E-state index in [9.17, 15) is 9.90 Å². The predicted octanol–water partition coefficient (Wildman–Crippen LogP) is 2.40. The lowest BCUT2D eigenvalue weighted by Gasteiger charge is -2.28. The van der Waals surface area contributed by atoms with E-state index >= 15 is 0 Å². The average molecular weight is 322 g/mol. The lowest BCUT2D eigenvalue weighted by Crippen LogP contribution is -2.43. The third-order valence-electron chi connectivity index (χ3n) is 4.77. The second-order valence-electron chi connectivity index (χ2n) is 7.91. The average Bonchev–Trinajstić information content (AvgIpc) is 3.13. The molecule has 1 aromatic heterocycles. The normalized spacial score (nSPS) is 17.3. The number of carbonyl (C=O) groups excluding carboxylic acids is 1. The van der Waals surface area contributed by atoms with Gasteiger partial charge in [0.1, 0.15) is 0 Å². The van der Waals surface area contributed by atoms with Crippen LogP contribution < -0.4 is 5.32 Å². The number of H-pyrrole nitrogens is 1. The van der Waals surface area contributed by atoms with Gasteiger partial charge in [0, 0.05) is 24.4 Å². The van der Waals surface area contributed by atoms with Crippen LogP contribution in [-0.4, -0.2) is 46.4 Å². The number of hydrogen-bond acceptors (Lipinski definition) is 3. The molecule has 1 aliphatic carbocycles. The Kier molecular flexibility index (Phi) is 5.34. The zero-order chi connectivity index (χ0) is 17.1. The van der Waals surface area contributed by atoms with Crippen LogP contribution in [0.4, 0.5) is 4.79 Å². The summed E-state index contributed by atoms with van der Waals surface area (Å²) in [6.07, 6.45) is 4.25. The van der Waals surface area contributed by atoms with E-state index in [2.05, 4.69) is 36.3 Å². The predicted molar refractivity (Wildman–Crippen MR) is 90.1 cm³/mol. The highest BCUT2D eigenvalue weighted by molar-refractivity contribution is 5.73. The van der Waals surface area contributed by atoms with Crippen molar-refractivity contribution >= 4 is 6.03 Å². The number of carbonyl (C=O) groups is 1. The molecular weight excluding hydrogens is 292 g/mol. The van der Waals surface area contributed by atoms with E-state index < -0.39 is 0 Å². The van der Waals surface area contributed by atoms with Crippen molar-refractivity contribution in [2.45, 2.75) is 58.4 Å². The van der Waals surface area contributed by atoms with Gasteiger partial charge in [-0.2, -0.15) is 5.10 Å². The van der Waals surface area contributed by atoms with Crippen LogP contribution in [0.25, 0.3) is 0 Å². The first-order valence-corrected chi connectivity index (χ1v) is 8.40. The molecule has 2 rings (SSSR count). The van der Waals surface area contributed by atoms with Gasteiger partial charge in [0.05, 0.1) is 24.5 Å². The zero-order valence-electron chi connectivity index (χ0n) is 14.8. The van der Waals surface area contributed by atoms with Crippen molar-refractivity contribution in [3.63, 3.8) is 0 Å². The Hall–Kier alpha value is -1.56. The van der Waals surface area contributed by atoms with E-state index in [0.717, 1.165) is 37.1 Å². The number of aliphatic hydroxyl groups excluding tert-OH is 1. The first kappa shape index (κ1) is 17.8. The Bertz CT molecular complexity index is 527. The van der Waals surface area contributed by atoms with Gasteiger partial charge in [0.15, 0.2) is 0 Å². The smallest absolute Gasteiger partial charge is 0.317 e. The molecule has 0 radical (unpaired) electrons. The lowest BCUT2D eigenvalue weighted by atomic mass is 9.87. The Labute approximate surface area is 138 Å². The molecule has 1 saturated carbocycles. The molecule has 2 amide bonds. The summed E-state index contributed by atoms with van der Waals surface area (Å²) >= 11 is 0. The Morgan fingerprint density at radius 1 is 1.43 bits per heavy atom. The fraction of sp³-hybridized carbons (Fsp3) is 0.765. The minimum absolute atomic E-state index is 0.00837. The Morgan fingerprint density at radius 2 is 2.09 bits per heavy atom. The maximum atomic E-state index is 12.3. The first-order valence-electron chi connectivity index (χ1n) is 8.40. The molecule has 130 valence electrons. The molecular formula is C17H30N4O2. The van der Waals surface area contributed by atoms with Crippen LogP contribution >= 0.6 is 0 Å². The van der Waals surface area contributed by atoms with E-state index in [4.69, 9.17) is 0 Å². The van der Waals surface area contributed by atoms with Crippen molar-refractivity contribution in [3.05, 3.63) is 17.5 Å². The van der Waals surface area contributed by atoms with E-state index in [-0.39, 0.29) is 23.5 Å². The molecule has 3 N–H and O–H groups in total. The van der Waals surface area contributed by atoms with Gasteiger partial charge in [-0.25, -0.2) is 4.79 Å². The molecule has 0 aliphatic heterocycles. The molecule has 6 heteroatoms. The minimum Gasteiger partial charge on any atom is -0.396 e. The molecule has 1 fully saturated rings. The van der Waals surface area contributed by atoms with Gasteiger partial charge < -0.3 is 15.3 Å². The number of urea groups is 1. The first-order chi connectivity index (χ1) is 10.8. The molecule has 0 atom stereocenters. The molecule has 0 aromatic carbocycles. The van der Waals surface area contributed by atoms with Crippen molar-refractivity contribution in [3.8, 4) is 0 Å². The summed E-state index contributed by atoms with van der Waals surface area (Å²) in [5, 5.41) is 19.9. The highest BCUT2D eigenvalue weighted by atomic mass is 16.3. The van der Waals surface area contributed by atoms with Crippen LogP contribution in [0.5, 0.6) is 0 Å². The van der Waals surface area contributed by atoms with Gasteiger partial charge in [-0.3, -0.25) is 5.10 Å². The second-order valence-corrected chi connectivity index (χ2v) is 7.91. The molecule has 1 aliphatic rings. The summed E-state index contributed by atoms with van der Waals surface area (Å²) in [7, 11) is 1.77. The van der Waals surface area contributed by atoms with Crippen molar-refractivity contribution < 1.29 is 9.90 Å². The quantitative estimate of drug-likeness (QED) is 0.778. The highest BCUT2D eigenvalue weighted by Crippen LogP contribution is 2.36. The number of amides is 2. The van der Waals surface area contributed by atoms with Gasteiger partial charge in [0.25, 0.3) is 0 Å². The largest absolute Gasteiger partial charge is 0.396 e. The van der Waals surface area contributed by atoms with Gasteiger partial charge in [0.2, 0.25) is 0 Å². The summed E-state index contributed by atoms with van der Waals surface area (Å²) in [4.78, 5) is 13.9. The maximum Gasteiger partial charge on any atom is 0.317 e. The number of aromatic nitrogens is 2. The topological polar surface area (TPSA) is 81.2 Å². The SMILES string of the molecule is CN(Cc1cc(C(C)(C)C)n[nH]1)C(=O)NCC1(CO)CCCC1. The Balaban J connectivity index is 1.86. The summed E-state index contributed by atoms with van der Waals surface area (Å²) in [5.74, 6) is 0. The number of nitrogens with one attached hydrogen (secondary N) is 2. The molecule has 23 heavy (non-hydrogen) atoms. The van der Waals surface area contributed by atoms with Crippen LogP contribution in [-0.2, 0) is 12.0 Å². The lowest BCUT2D eigenvalue weighted by molar-refractivity contribution is 0.126. The molecule has 6 nitrogen and oxygen atoms in total. The van der Waals surface area contributed by atoms with Crippen LogP contribution in [0.15, 0.2) is 6.07 Å². The van der Waals surface area contributed by atoms with Crippen LogP contribution in [0.1, 0.15) is 57.8 Å². The van der Waals surface area contributed by atoms with Crippen molar-refractivity contribution in [1.82, 2.24) is 20.4 Å². The van der Waals surface area contributed by atoms with E-state index in [0.29, 0.717) is 13.1 Å². The number of hydrogen-bond donors (Lipinski definition) is 3. The molecule has 0 unspecified atom stereocenters. The highest BCUT2D eigenvalue weighted by Gasteiger charge is 2.33. The van der Waals surface area contributed by atoms with Crippen molar-refractivity contribution in [1.29, 1.82) is 0 Å². The number of aromatic amines is 1. The maximum absolute atomic E-state index is 12.3. The zero-order valence-corrected chi connectivity index (χ0v) is 14.8. The van der Waals surface area contributed by atoms with Crippen molar-refractivity contribution in [2.75, 3.05) is 20.2 Å². The van der Waals surface area contributed by atoms with E-state index in [1.54, 1.807) is 11.9 Å². The third-order valence-corrected chi connectivity index (χ3v) is 4.77. The second kappa shape index (κ2) is 6.91. The number of rotatable bonds is 5. The summed E-state index contributed by atoms with van der Waals surface area (Å²) in [6.45, 7) is 7.51. The van der Waals surface area contributed by atoms with Crippen LogP contribution in [0.2, 0.25) is 0 Å². The molecule has 0 bridgehead atoms. The standard InChI is InChI=1S/C17H30N4O2/c1-16(2,3)14-9-13(19-20-14)10-21(4)15(23)18-11-17(12-22)7-5-6-8-17/h9,22H,5-8,10-12H2,1-4H3,(H,18,23)(H,19,20). The third kappa shape index (κ3) is 4.47. The monoisotopic (exact) mass is 322 g/mol. The molecule has 1 aromatic rings. The van der Waals surface area contributed by atoms with E-state index in [1.165, 1.54) is 0 Å². The van der Waals surface area contributed by atoms with Gasteiger partial charge >= 0.3 is 6.03 Å². The minimum atomic E-state index is -0.121. The van der Waals surface area contributed by atoms with Crippen LogP contribution in [0.3, 0.4) is 0 Å². The van der Waals surface area contributed by atoms with Crippen molar-refractivity contribution in [2.24, 2.45) is 5.41 Å². The number of nitrogens with zero attached hydrogens (tertiary/aromatic N) is 2. The Morgan fingerprint density at radius 3 is 2.61 bits per heavy atom. The number of aliphatic hydroxyl groups is 1. The fourth-order valence-corrected chi connectivity index (χ4v) is 3.07. The summed E-state index contributed by atoms with van der Waals surface area (Å²) in [6, 6.07) is 1.90. The molecule has 0 spiro atoms. The summed E-state index contributed by atoms with van der Waals surface area (Å²) < 4.78 is 0.